The van der Waals surface area contributed by atoms with Gasteiger partial charge in [-0.25, -0.2) is 0 Å². The van der Waals surface area contributed by atoms with Crippen LogP contribution in [0.1, 0.15) is 32.7 Å². The summed E-state index contributed by atoms with van der Waals surface area (Å²) in [6, 6.07) is 16.2. The van der Waals surface area contributed by atoms with Crippen molar-refractivity contribution in [2.75, 3.05) is 23.9 Å². The van der Waals surface area contributed by atoms with E-state index in [4.69, 9.17) is 4.74 Å². The number of pyridine rings is 1. The highest BCUT2D eigenvalue weighted by Gasteiger charge is 2.24. The van der Waals surface area contributed by atoms with Crippen molar-refractivity contribution >= 4 is 23.2 Å². The first-order valence-electron chi connectivity index (χ1n) is 9.46. The Labute approximate surface area is 169 Å². The maximum absolute atomic E-state index is 13.0. The molecule has 2 heterocycles. The number of benzene rings is 2. The number of aryl methyl sites for hydroxylation is 1. The maximum atomic E-state index is 13.0. The molecule has 1 aromatic heterocycles. The molecule has 1 aliphatic rings. The summed E-state index contributed by atoms with van der Waals surface area (Å²) in [5.41, 5.74) is 3.61. The molecule has 0 spiro atoms. The summed E-state index contributed by atoms with van der Waals surface area (Å²) in [4.78, 5) is 31.4. The summed E-state index contributed by atoms with van der Waals surface area (Å²) in [6.45, 7) is 0.633. The van der Waals surface area contributed by atoms with Gasteiger partial charge in [-0.15, -0.1) is 0 Å². The molecule has 6 nitrogen and oxygen atoms in total. The number of amides is 2. The van der Waals surface area contributed by atoms with Crippen LogP contribution in [0.2, 0.25) is 0 Å². The molecule has 1 aliphatic heterocycles. The minimum absolute atomic E-state index is 0.0877. The van der Waals surface area contributed by atoms with Crippen LogP contribution >= 0.6 is 0 Å². The first kappa shape index (κ1) is 18.7. The van der Waals surface area contributed by atoms with E-state index in [-0.39, 0.29) is 11.8 Å². The fourth-order valence-corrected chi connectivity index (χ4v) is 3.48. The number of rotatable bonds is 4. The molecule has 29 heavy (non-hydrogen) atoms. The highest BCUT2D eigenvalue weighted by molar-refractivity contribution is 6.08. The van der Waals surface area contributed by atoms with Gasteiger partial charge in [0.15, 0.2) is 0 Å². The topological polar surface area (TPSA) is 71.5 Å². The van der Waals surface area contributed by atoms with Crippen molar-refractivity contribution in [1.29, 1.82) is 0 Å². The molecule has 1 N–H and O–H groups in total. The van der Waals surface area contributed by atoms with E-state index in [1.165, 1.54) is 0 Å². The van der Waals surface area contributed by atoms with E-state index < -0.39 is 0 Å². The van der Waals surface area contributed by atoms with Crippen LogP contribution in [0.25, 0.3) is 0 Å². The van der Waals surface area contributed by atoms with Gasteiger partial charge >= 0.3 is 0 Å². The van der Waals surface area contributed by atoms with Crippen LogP contribution in [0.5, 0.6) is 5.75 Å². The number of ether oxygens (including phenoxy) is 1. The van der Waals surface area contributed by atoms with E-state index in [1.807, 2.05) is 18.2 Å². The predicted octanol–water partition coefficient (Wildman–Crippen LogP) is 3.94. The van der Waals surface area contributed by atoms with Crippen molar-refractivity contribution in [2.45, 2.75) is 12.8 Å². The number of anilines is 2. The van der Waals surface area contributed by atoms with Gasteiger partial charge in [-0.05, 0) is 60.9 Å². The van der Waals surface area contributed by atoms with Crippen LogP contribution < -0.4 is 15.0 Å². The standard InChI is InChI=1S/C23H21N3O3/c1-29-20-8-2-5-17(13-20)22(27)25-19-10-9-16-7-4-12-26(21(16)14-19)23(28)18-6-3-11-24-15-18/h2-3,5-6,8-11,13-15H,4,7,12H2,1H3,(H,25,27). The fraction of sp³-hybridized carbons (Fsp3) is 0.174. The SMILES string of the molecule is COc1cccc(C(=O)Nc2ccc3c(c2)N(C(=O)c2cccnc2)CCC3)c1. The van der Waals surface area contributed by atoms with Crippen molar-refractivity contribution in [3.63, 3.8) is 0 Å². The minimum Gasteiger partial charge on any atom is -0.497 e. The van der Waals surface area contributed by atoms with Gasteiger partial charge in [-0.2, -0.15) is 0 Å². The summed E-state index contributed by atoms with van der Waals surface area (Å²) >= 11 is 0. The van der Waals surface area contributed by atoms with Crippen LogP contribution in [-0.4, -0.2) is 30.5 Å². The van der Waals surface area contributed by atoms with Crippen molar-refractivity contribution < 1.29 is 14.3 Å². The molecule has 3 aromatic rings. The summed E-state index contributed by atoms with van der Waals surface area (Å²) < 4.78 is 5.18. The van der Waals surface area contributed by atoms with Gasteiger partial charge in [-0.1, -0.05) is 12.1 Å². The van der Waals surface area contributed by atoms with E-state index >= 15 is 0 Å². The number of hydrogen-bond donors (Lipinski definition) is 1. The van der Waals surface area contributed by atoms with E-state index in [1.54, 1.807) is 60.8 Å². The summed E-state index contributed by atoms with van der Waals surface area (Å²) in [6.07, 6.45) is 5.02. The lowest BCUT2D eigenvalue weighted by molar-refractivity contribution is 0.0983. The summed E-state index contributed by atoms with van der Waals surface area (Å²) in [5, 5.41) is 2.91. The molecule has 4 rings (SSSR count). The zero-order valence-electron chi connectivity index (χ0n) is 16.1. The summed E-state index contributed by atoms with van der Waals surface area (Å²) in [7, 11) is 1.56. The third kappa shape index (κ3) is 3.96. The molecule has 6 heteroatoms. The van der Waals surface area contributed by atoms with E-state index in [0.29, 0.717) is 29.1 Å². The Hall–Kier alpha value is -3.67. The Morgan fingerprint density at radius 2 is 1.93 bits per heavy atom. The second-order valence-corrected chi connectivity index (χ2v) is 6.83. The molecule has 146 valence electrons. The number of hydrogen-bond acceptors (Lipinski definition) is 4. The van der Waals surface area contributed by atoms with Crippen molar-refractivity contribution in [2.24, 2.45) is 0 Å². The third-order valence-electron chi connectivity index (χ3n) is 4.95. The smallest absolute Gasteiger partial charge is 0.259 e. The second kappa shape index (κ2) is 8.14. The molecule has 0 unspecified atom stereocenters. The first-order chi connectivity index (χ1) is 14.2. The predicted molar refractivity (Wildman–Crippen MR) is 112 cm³/mol. The Morgan fingerprint density at radius 1 is 1.07 bits per heavy atom. The van der Waals surface area contributed by atoms with Gasteiger partial charge in [0.05, 0.1) is 12.7 Å². The van der Waals surface area contributed by atoms with Gasteiger partial charge in [0, 0.05) is 35.9 Å². The van der Waals surface area contributed by atoms with Crippen LogP contribution in [0.15, 0.2) is 67.0 Å². The lowest BCUT2D eigenvalue weighted by Gasteiger charge is -2.30. The first-order valence-corrected chi connectivity index (χ1v) is 9.46. The number of methoxy groups -OCH3 is 1. The van der Waals surface area contributed by atoms with E-state index in [0.717, 1.165) is 24.1 Å². The highest BCUT2D eigenvalue weighted by atomic mass is 16.5. The van der Waals surface area contributed by atoms with Gasteiger partial charge in [0.25, 0.3) is 11.8 Å². The molecule has 0 bridgehead atoms. The number of nitrogens with one attached hydrogen (secondary N) is 1. The number of carbonyl (C=O) groups is 2. The van der Waals surface area contributed by atoms with Crippen molar-refractivity contribution in [3.05, 3.63) is 83.7 Å². The van der Waals surface area contributed by atoms with Crippen molar-refractivity contribution in [3.8, 4) is 5.75 Å². The molecule has 0 saturated heterocycles. The molecular weight excluding hydrogens is 366 g/mol. The van der Waals surface area contributed by atoms with Crippen LogP contribution in [0.3, 0.4) is 0 Å². The molecule has 0 atom stereocenters. The van der Waals surface area contributed by atoms with Gasteiger partial charge < -0.3 is 15.0 Å². The fourth-order valence-electron chi connectivity index (χ4n) is 3.48. The highest BCUT2D eigenvalue weighted by Crippen LogP contribution is 2.31. The zero-order valence-corrected chi connectivity index (χ0v) is 16.1. The normalized spacial score (nSPS) is 12.8. The van der Waals surface area contributed by atoms with Crippen LogP contribution in [-0.2, 0) is 6.42 Å². The maximum Gasteiger partial charge on any atom is 0.259 e. The lowest BCUT2D eigenvalue weighted by atomic mass is 10.00. The second-order valence-electron chi connectivity index (χ2n) is 6.83. The van der Waals surface area contributed by atoms with Crippen LogP contribution in [0.4, 0.5) is 11.4 Å². The Kier molecular flexibility index (Phi) is 5.24. The number of fused-ring (bicyclic) bond motifs is 1. The molecule has 0 radical (unpaired) electrons. The van der Waals surface area contributed by atoms with E-state index in [9.17, 15) is 9.59 Å². The molecule has 2 aromatic carbocycles. The Balaban J connectivity index is 1.60. The molecular formula is C23H21N3O3. The monoisotopic (exact) mass is 387 g/mol. The average molecular weight is 387 g/mol. The van der Waals surface area contributed by atoms with Crippen LogP contribution in [0, 0.1) is 0 Å². The van der Waals surface area contributed by atoms with Gasteiger partial charge in [0.1, 0.15) is 5.75 Å². The molecule has 0 saturated carbocycles. The molecule has 2 amide bonds. The molecule has 0 fully saturated rings. The van der Waals surface area contributed by atoms with Gasteiger partial charge in [-0.3, -0.25) is 14.6 Å². The Morgan fingerprint density at radius 3 is 2.72 bits per heavy atom. The quantitative estimate of drug-likeness (QED) is 0.736. The summed E-state index contributed by atoms with van der Waals surface area (Å²) in [5.74, 6) is 0.302. The Bertz CT molecular complexity index is 1050. The van der Waals surface area contributed by atoms with Gasteiger partial charge in [0.2, 0.25) is 0 Å². The number of nitrogens with zero attached hydrogens (tertiary/aromatic N) is 2. The molecule has 0 aliphatic carbocycles. The zero-order chi connectivity index (χ0) is 20.2. The third-order valence-corrected chi connectivity index (χ3v) is 4.95. The number of aromatic nitrogens is 1. The minimum atomic E-state index is -0.232. The van der Waals surface area contributed by atoms with Crippen molar-refractivity contribution in [1.82, 2.24) is 4.98 Å². The lowest BCUT2D eigenvalue weighted by Crippen LogP contribution is -2.35. The average Bonchev–Trinajstić information content (AvgIpc) is 2.78. The number of carbonyl (C=O) groups excluding carboxylic acids is 2. The largest absolute Gasteiger partial charge is 0.497 e. The van der Waals surface area contributed by atoms with E-state index in [2.05, 4.69) is 10.3 Å².